The number of hydrogen-bond donors (Lipinski definition) is 1. The Morgan fingerprint density at radius 3 is 2.71 bits per heavy atom. The second-order valence-corrected chi connectivity index (χ2v) is 3.96. The number of fused-ring (bicyclic) bond motifs is 1. The van der Waals surface area contributed by atoms with Gasteiger partial charge in [0.15, 0.2) is 0 Å². The zero-order valence-electron chi connectivity index (χ0n) is 9.19. The van der Waals surface area contributed by atoms with Crippen LogP contribution < -0.4 is 0 Å². The van der Waals surface area contributed by atoms with Crippen LogP contribution in [0.3, 0.4) is 0 Å². The molecule has 1 aromatic carbocycles. The largest absolute Gasteiger partial charge is 0.384 e. The summed E-state index contributed by atoms with van der Waals surface area (Å²) in [6.07, 6.45) is 4.80. The summed E-state index contributed by atoms with van der Waals surface area (Å²) in [4.78, 5) is 4.09. The van der Waals surface area contributed by atoms with Gasteiger partial charge >= 0.3 is 0 Å². The third-order valence-corrected chi connectivity index (χ3v) is 2.89. The van der Waals surface area contributed by atoms with Gasteiger partial charge in [-0.1, -0.05) is 36.4 Å². The molecule has 3 heteroatoms. The van der Waals surface area contributed by atoms with Crippen molar-refractivity contribution in [2.45, 2.75) is 6.10 Å². The number of pyridine rings is 1. The summed E-state index contributed by atoms with van der Waals surface area (Å²) in [6.45, 7) is 0. The number of aromatic nitrogens is 2. The SMILES string of the molecule is OC(c1ccccc1)c1cccn2cncc12. The first kappa shape index (κ1) is 10.1. The normalized spacial score (nSPS) is 12.8. The molecule has 1 N–H and O–H groups in total. The number of aliphatic hydroxyl groups is 1. The first-order valence-electron chi connectivity index (χ1n) is 5.50. The maximum absolute atomic E-state index is 10.4. The van der Waals surface area contributed by atoms with Crippen LogP contribution in [0.5, 0.6) is 0 Å². The third kappa shape index (κ3) is 1.70. The number of hydrogen-bond acceptors (Lipinski definition) is 2. The van der Waals surface area contributed by atoms with Gasteiger partial charge in [0.2, 0.25) is 0 Å². The van der Waals surface area contributed by atoms with Gasteiger partial charge in [0.05, 0.1) is 18.0 Å². The molecule has 84 valence electrons. The summed E-state index contributed by atoms with van der Waals surface area (Å²) >= 11 is 0. The second kappa shape index (κ2) is 4.03. The Balaban J connectivity index is 2.13. The van der Waals surface area contributed by atoms with Crippen molar-refractivity contribution in [2.24, 2.45) is 0 Å². The van der Waals surface area contributed by atoms with Gasteiger partial charge in [-0.2, -0.15) is 0 Å². The monoisotopic (exact) mass is 224 g/mol. The molecule has 0 aliphatic heterocycles. The Hall–Kier alpha value is -2.13. The molecule has 3 nitrogen and oxygen atoms in total. The molecule has 0 spiro atoms. The summed E-state index contributed by atoms with van der Waals surface area (Å²) in [7, 11) is 0. The van der Waals surface area contributed by atoms with Crippen LogP contribution in [-0.4, -0.2) is 14.5 Å². The average Bonchev–Trinajstić information content (AvgIpc) is 2.87. The first-order chi connectivity index (χ1) is 8.36. The molecule has 0 fully saturated rings. The van der Waals surface area contributed by atoms with E-state index in [1.54, 1.807) is 12.5 Å². The van der Waals surface area contributed by atoms with Crippen LogP contribution in [0.1, 0.15) is 17.2 Å². The van der Waals surface area contributed by atoms with Gasteiger partial charge in [-0.25, -0.2) is 4.98 Å². The molecule has 2 aromatic heterocycles. The van der Waals surface area contributed by atoms with Crippen molar-refractivity contribution in [1.29, 1.82) is 0 Å². The van der Waals surface area contributed by atoms with Gasteiger partial charge < -0.3 is 9.51 Å². The van der Waals surface area contributed by atoms with E-state index in [0.29, 0.717) is 0 Å². The van der Waals surface area contributed by atoms with Crippen molar-refractivity contribution < 1.29 is 5.11 Å². The predicted octanol–water partition coefficient (Wildman–Crippen LogP) is 2.42. The standard InChI is InChI=1S/C14H12N2O/c17-14(11-5-2-1-3-6-11)12-7-4-8-16-10-15-9-13(12)16/h1-10,14,17H. The molecule has 1 atom stereocenters. The minimum atomic E-state index is -0.614. The van der Waals surface area contributed by atoms with Crippen molar-refractivity contribution in [3.63, 3.8) is 0 Å². The van der Waals surface area contributed by atoms with Gasteiger partial charge in [0.1, 0.15) is 6.10 Å². The fourth-order valence-corrected chi connectivity index (χ4v) is 2.02. The predicted molar refractivity (Wildman–Crippen MR) is 65.7 cm³/mol. The van der Waals surface area contributed by atoms with E-state index in [1.165, 1.54) is 0 Å². The summed E-state index contributed by atoms with van der Waals surface area (Å²) in [5, 5.41) is 10.4. The molecule has 3 rings (SSSR count). The number of rotatable bonds is 2. The van der Waals surface area contributed by atoms with E-state index in [9.17, 15) is 5.11 Å². The van der Waals surface area contributed by atoms with E-state index in [-0.39, 0.29) is 0 Å². The van der Waals surface area contributed by atoms with E-state index in [4.69, 9.17) is 0 Å². The quantitative estimate of drug-likeness (QED) is 0.725. The third-order valence-electron chi connectivity index (χ3n) is 2.89. The summed E-state index contributed by atoms with van der Waals surface area (Å²) in [6, 6.07) is 13.5. The molecule has 0 saturated heterocycles. The van der Waals surface area contributed by atoms with Gasteiger partial charge in [-0.05, 0) is 11.6 Å². The highest BCUT2D eigenvalue weighted by Gasteiger charge is 2.13. The zero-order valence-corrected chi connectivity index (χ0v) is 9.19. The molecule has 0 aliphatic carbocycles. The van der Waals surface area contributed by atoms with Gasteiger partial charge in [-0.3, -0.25) is 0 Å². The molecule has 17 heavy (non-hydrogen) atoms. The maximum atomic E-state index is 10.4. The van der Waals surface area contributed by atoms with E-state index in [2.05, 4.69) is 4.98 Å². The molecule has 1 unspecified atom stereocenters. The van der Waals surface area contributed by atoms with E-state index in [0.717, 1.165) is 16.6 Å². The zero-order chi connectivity index (χ0) is 11.7. The van der Waals surface area contributed by atoms with Crippen molar-refractivity contribution in [1.82, 2.24) is 9.38 Å². The number of nitrogens with zero attached hydrogens (tertiary/aromatic N) is 2. The van der Waals surface area contributed by atoms with Crippen molar-refractivity contribution >= 4 is 5.52 Å². The lowest BCUT2D eigenvalue weighted by atomic mass is 10.0. The van der Waals surface area contributed by atoms with Crippen LogP contribution in [0.2, 0.25) is 0 Å². The van der Waals surface area contributed by atoms with Crippen LogP contribution in [0.15, 0.2) is 61.2 Å². The van der Waals surface area contributed by atoms with Gasteiger partial charge in [0.25, 0.3) is 0 Å². The summed E-state index contributed by atoms with van der Waals surface area (Å²) in [5.74, 6) is 0. The molecule has 0 bridgehead atoms. The minimum Gasteiger partial charge on any atom is -0.384 e. The summed E-state index contributed by atoms with van der Waals surface area (Å²) in [5.41, 5.74) is 2.70. The molecule has 0 amide bonds. The van der Waals surface area contributed by atoms with Gasteiger partial charge in [0, 0.05) is 11.8 Å². The number of imidazole rings is 1. The molecule has 3 aromatic rings. The van der Waals surface area contributed by atoms with E-state index in [1.807, 2.05) is 53.1 Å². The Bertz CT molecular complexity index is 631. The number of benzene rings is 1. The van der Waals surface area contributed by atoms with Crippen LogP contribution in [-0.2, 0) is 0 Å². The van der Waals surface area contributed by atoms with E-state index < -0.39 is 6.10 Å². The lowest BCUT2D eigenvalue weighted by Gasteiger charge is -2.12. The Kier molecular flexibility index (Phi) is 2.38. The Morgan fingerprint density at radius 1 is 1.06 bits per heavy atom. The first-order valence-corrected chi connectivity index (χ1v) is 5.50. The molecular formula is C14H12N2O. The fraction of sp³-hybridized carbons (Fsp3) is 0.0714. The second-order valence-electron chi connectivity index (χ2n) is 3.96. The highest BCUT2D eigenvalue weighted by molar-refractivity contribution is 5.56. The van der Waals surface area contributed by atoms with Crippen LogP contribution in [0, 0.1) is 0 Å². The fourth-order valence-electron chi connectivity index (χ4n) is 2.02. The van der Waals surface area contributed by atoms with Crippen LogP contribution in [0.4, 0.5) is 0 Å². The number of aliphatic hydroxyl groups excluding tert-OH is 1. The molecule has 0 radical (unpaired) electrons. The molecule has 2 heterocycles. The van der Waals surface area contributed by atoms with Crippen LogP contribution in [0.25, 0.3) is 5.52 Å². The Labute approximate surface area is 99.0 Å². The lowest BCUT2D eigenvalue weighted by molar-refractivity contribution is 0.221. The minimum absolute atomic E-state index is 0.614. The highest BCUT2D eigenvalue weighted by atomic mass is 16.3. The lowest BCUT2D eigenvalue weighted by Crippen LogP contribution is -2.01. The van der Waals surface area contributed by atoms with Crippen molar-refractivity contribution in [3.8, 4) is 0 Å². The highest BCUT2D eigenvalue weighted by Crippen LogP contribution is 2.24. The summed E-state index contributed by atoms with van der Waals surface area (Å²) < 4.78 is 1.90. The molecule has 0 saturated carbocycles. The van der Waals surface area contributed by atoms with Crippen LogP contribution >= 0.6 is 0 Å². The Morgan fingerprint density at radius 2 is 1.88 bits per heavy atom. The van der Waals surface area contributed by atoms with Crippen molar-refractivity contribution in [3.05, 3.63) is 72.3 Å². The van der Waals surface area contributed by atoms with E-state index >= 15 is 0 Å². The van der Waals surface area contributed by atoms with Crippen molar-refractivity contribution in [2.75, 3.05) is 0 Å². The topological polar surface area (TPSA) is 37.5 Å². The maximum Gasteiger partial charge on any atom is 0.106 e. The molecular weight excluding hydrogens is 212 g/mol. The average molecular weight is 224 g/mol. The molecule has 0 aliphatic rings. The smallest absolute Gasteiger partial charge is 0.106 e. The van der Waals surface area contributed by atoms with Gasteiger partial charge in [-0.15, -0.1) is 0 Å².